The van der Waals surface area contributed by atoms with E-state index in [1.807, 2.05) is 29.6 Å². The van der Waals surface area contributed by atoms with Gasteiger partial charge in [-0.2, -0.15) is 0 Å². The minimum atomic E-state index is 1.23. The highest BCUT2D eigenvalue weighted by molar-refractivity contribution is 8.05. The van der Waals surface area contributed by atoms with Crippen molar-refractivity contribution in [3.05, 3.63) is 72.8 Å². The average Bonchev–Trinajstić information content (AvgIpc) is 2.53. The lowest BCUT2D eigenvalue weighted by molar-refractivity contribution is 1.15. The van der Waals surface area contributed by atoms with Crippen LogP contribution in [0.2, 0.25) is 0 Å². The number of fused-ring (bicyclic) bond motifs is 2. The molecule has 20 heavy (non-hydrogen) atoms. The maximum atomic E-state index is 3.35. The van der Waals surface area contributed by atoms with Gasteiger partial charge in [0.2, 0.25) is 0 Å². The van der Waals surface area contributed by atoms with Gasteiger partial charge in [-0.3, -0.25) is 0 Å². The minimum absolute atomic E-state index is 1.23. The highest BCUT2D eigenvalue weighted by atomic mass is 32.2. The monoisotopic (exact) mass is 291 g/mol. The summed E-state index contributed by atoms with van der Waals surface area (Å²) in [6.07, 6.45) is 0. The van der Waals surface area contributed by atoms with Crippen LogP contribution in [0.5, 0.6) is 0 Å². The smallest absolute Gasteiger partial charge is 0.0341 e. The Balaban J connectivity index is 1.87. The van der Waals surface area contributed by atoms with Crippen LogP contribution < -0.4 is 0 Å². The first-order chi connectivity index (χ1) is 9.92. The molecular weight excluding hydrogens is 280 g/mol. The van der Waals surface area contributed by atoms with Gasteiger partial charge in [-0.25, -0.2) is 0 Å². The van der Waals surface area contributed by atoms with Gasteiger partial charge >= 0.3 is 0 Å². The van der Waals surface area contributed by atoms with Gasteiger partial charge in [0.15, 0.2) is 0 Å². The molecule has 1 radical (unpaired) electrons. The summed E-state index contributed by atoms with van der Waals surface area (Å²) in [5.74, 6) is 0. The standard InChI is InChI=1S/C18H11S2/c1-2-7-13(8-3-1)14-9-6-12-17-18(14)20-16-11-5-4-10-15(16)19-17/h1-10,12H. The lowest BCUT2D eigenvalue weighted by Crippen LogP contribution is -1.92. The molecule has 0 aromatic heterocycles. The lowest BCUT2D eigenvalue weighted by Gasteiger charge is -2.20. The zero-order chi connectivity index (χ0) is 13.4. The molecule has 0 saturated heterocycles. The van der Waals surface area contributed by atoms with Crippen LogP contribution >= 0.6 is 23.5 Å². The minimum Gasteiger partial charge on any atom is -0.0877 e. The van der Waals surface area contributed by atoms with Gasteiger partial charge in [0, 0.05) is 19.6 Å². The van der Waals surface area contributed by atoms with Crippen molar-refractivity contribution >= 4 is 23.5 Å². The van der Waals surface area contributed by atoms with Crippen molar-refractivity contribution in [1.29, 1.82) is 0 Å². The Labute approximate surface area is 127 Å². The van der Waals surface area contributed by atoms with Gasteiger partial charge < -0.3 is 0 Å². The van der Waals surface area contributed by atoms with Gasteiger partial charge in [-0.1, -0.05) is 78.1 Å². The maximum absolute atomic E-state index is 3.35. The molecule has 1 heterocycles. The maximum Gasteiger partial charge on any atom is 0.0341 e. The van der Waals surface area contributed by atoms with Crippen LogP contribution in [-0.2, 0) is 0 Å². The van der Waals surface area contributed by atoms with E-state index in [9.17, 15) is 0 Å². The third kappa shape index (κ3) is 2.05. The first-order valence-corrected chi connectivity index (χ1v) is 8.10. The first-order valence-electron chi connectivity index (χ1n) is 6.47. The highest BCUT2D eigenvalue weighted by Crippen LogP contribution is 2.51. The fourth-order valence-corrected chi connectivity index (χ4v) is 4.68. The molecule has 3 aromatic carbocycles. The molecule has 1 aliphatic rings. The molecular formula is C18H11S2. The normalized spacial score (nSPS) is 12.6. The first kappa shape index (κ1) is 12.1. The van der Waals surface area contributed by atoms with E-state index >= 15 is 0 Å². The predicted octanol–water partition coefficient (Wildman–Crippen LogP) is 5.77. The van der Waals surface area contributed by atoms with Crippen LogP contribution in [0.1, 0.15) is 0 Å². The van der Waals surface area contributed by atoms with E-state index < -0.39 is 0 Å². The second-order valence-electron chi connectivity index (χ2n) is 4.57. The molecule has 0 aliphatic carbocycles. The van der Waals surface area contributed by atoms with E-state index in [2.05, 4.69) is 66.7 Å². The summed E-state index contributed by atoms with van der Waals surface area (Å²) in [5.41, 5.74) is 2.58. The summed E-state index contributed by atoms with van der Waals surface area (Å²) in [5, 5.41) is 0. The molecule has 95 valence electrons. The Kier molecular flexibility index (Phi) is 3.06. The molecule has 0 amide bonds. The molecule has 0 atom stereocenters. The van der Waals surface area contributed by atoms with Crippen LogP contribution in [0, 0.1) is 6.07 Å². The Morgan fingerprint density at radius 3 is 2.45 bits per heavy atom. The molecule has 2 heteroatoms. The van der Waals surface area contributed by atoms with Gasteiger partial charge in [0.1, 0.15) is 0 Å². The van der Waals surface area contributed by atoms with Gasteiger partial charge in [0.25, 0.3) is 0 Å². The second-order valence-corrected chi connectivity index (χ2v) is 6.67. The molecule has 0 fully saturated rings. The Morgan fingerprint density at radius 2 is 1.55 bits per heavy atom. The summed E-state index contributed by atoms with van der Waals surface area (Å²) in [6.45, 7) is 0. The summed E-state index contributed by atoms with van der Waals surface area (Å²) < 4.78 is 0. The Bertz CT molecular complexity index is 763. The third-order valence-electron chi connectivity index (χ3n) is 3.27. The quantitative estimate of drug-likeness (QED) is 0.436. The lowest BCUT2D eigenvalue weighted by atomic mass is 10.1. The zero-order valence-corrected chi connectivity index (χ0v) is 12.3. The molecule has 3 aromatic rings. The number of hydrogen-bond donors (Lipinski definition) is 0. The van der Waals surface area contributed by atoms with Crippen molar-refractivity contribution in [2.24, 2.45) is 0 Å². The van der Waals surface area contributed by atoms with Crippen molar-refractivity contribution in [3.8, 4) is 11.1 Å². The summed E-state index contributed by atoms with van der Waals surface area (Å²) in [6, 6.07) is 26.7. The van der Waals surface area contributed by atoms with Crippen molar-refractivity contribution in [2.75, 3.05) is 0 Å². The third-order valence-corrected chi connectivity index (χ3v) is 5.83. The summed E-state index contributed by atoms with van der Waals surface area (Å²) in [7, 11) is 0. The van der Waals surface area contributed by atoms with Gasteiger partial charge in [-0.05, 0) is 29.3 Å². The molecule has 0 N–H and O–H groups in total. The van der Waals surface area contributed by atoms with Crippen LogP contribution in [0.15, 0.2) is 86.3 Å². The molecule has 0 nitrogen and oxygen atoms in total. The fourth-order valence-electron chi connectivity index (χ4n) is 2.33. The summed E-state index contributed by atoms with van der Waals surface area (Å²) >= 11 is 3.67. The molecule has 0 bridgehead atoms. The van der Waals surface area contributed by atoms with Crippen LogP contribution in [0.4, 0.5) is 0 Å². The molecule has 1 aliphatic heterocycles. The number of hydrogen-bond acceptors (Lipinski definition) is 2. The van der Waals surface area contributed by atoms with Gasteiger partial charge in [0.05, 0.1) is 0 Å². The number of rotatable bonds is 1. The number of benzene rings is 3. The van der Waals surface area contributed by atoms with Crippen molar-refractivity contribution < 1.29 is 0 Å². The molecule has 0 unspecified atom stereocenters. The molecule has 0 spiro atoms. The van der Waals surface area contributed by atoms with Crippen molar-refractivity contribution in [2.45, 2.75) is 19.6 Å². The highest BCUT2D eigenvalue weighted by Gasteiger charge is 2.19. The largest absolute Gasteiger partial charge is 0.0877 e. The average molecular weight is 291 g/mol. The van der Waals surface area contributed by atoms with Crippen LogP contribution in [0.3, 0.4) is 0 Å². The van der Waals surface area contributed by atoms with E-state index in [4.69, 9.17) is 0 Å². The molecule has 0 saturated carbocycles. The second kappa shape index (κ2) is 5.04. The van der Waals surface area contributed by atoms with E-state index in [1.54, 1.807) is 0 Å². The SMILES string of the molecule is [c]1cccc2c1Sc1c(cccc1-c1ccccc1)S2. The summed E-state index contributed by atoms with van der Waals surface area (Å²) in [4.78, 5) is 5.21. The Morgan fingerprint density at radius 1 is 0.700 bits per heavy atom. The predicted molar refractivity (Wildman–Crippen MR) is 85.4 cm³/mol. The van der Waals surface area contributed by atoms with Crippen molar-refractivity contribution in [1.82, 2.24) is 0 Å². The van der Waals surface area contributed by atoms with E-state index in [0.29, 0.717) is 0 Å². The topological polar surface area (TPSA) is 0 Å². The van der Waals surface area contributed by atoms with E-state index in [1.165, 1.54) is 30.7 Å². The Hall–Kier alpha value is -1.64. The van der Waals surface area contributed by atoms with Crippen LogP contribution in [-0.4, -0.2) is 0 Å². The fraction of sp³-hybridized carbons (Fsp3) is 0. The van der Waals surface area contributed by atoms with Crippen molar-refractivity contribution in [3.63, 3.8) is 0 Å². The molecule has 4 rings (SSSR count). The van der Waals surface area contributed by atoms with Gasteiger partial charge in [-0.15, -0.1) is 0 Å². The zero-order valence-electron chi connectivity index (χ0n) is 10.7. The van der Waals surface area contributed by atoms with E-state index in [-0.39, 0.29) is 0 Å². The van der Waals surface area contributed by atoms with Crippen LogP contribution in [0.25, 0.3) is 11.1 Å². The van der Waals surface area contributed by atoms with E-state index in [0.717, 1.165) is 0 Å².